The van der Waals surface area contributed by atoms with Crippen LogP contribution in [0.4, 0.5) is 0 Å². The molecular weight excluding hydrogens is 188 g/mol. The Morgan fingerprint density at radius 1 is 1.40 bits per heavy atom. The van der Waals surface area contributed by atoms with Gasteiger partial charge in [0.05, 0.1) is 0 Å². The molecule has 0 aliphatic heterocycles. The maximum absolute atomic E-state index is 11.4. The number of hydrogen-bond acceptors (Lipinski definition) is 2. The molecule has 3 N–H and O–H groups in total. The van der Waals surface area contributed by atoms with Crippen LogP contribution in [0.25, 0.3) is 0 Å². The average Bonchev–Trinajstić information content (AvgIpc) is 2.01. The van der Waals surface area contributed by atoms with Gasteiger partial charge in [-0.25, -0.2) is 0 Å². The maximum atomic E-state index is 11.4. The minimum absolute atomic E-state index is 0.0182. The smallest absolute Gasteiger partial charge is 0.221 e. The molecule has 0 aliphatic rings. The molecule has 0 heterocycles. The summed E-state index contributed by atoms with van der Waals surface area (Å²) in [4.78, 5) is 11.4. The van der Waals surface area contributed by atoms with Crippen LogP contribution >= 0.6 is 0 Å². The lowest BCUT2D eigenvalue weighted by atomic mass is 9.92. The number of nitrogens with two attached hydrogens (primary N) is 1. The monoisotopic (exact) mass is 214 g/mol. The van der Waals surface area contributed by atoms with E-state index in [-0.39, 0.29) is 17.4 Å². The van der Waals surface area contributed by atoms with E-state index in [2.05, 4.69) is 33.0 Å². The van der Waals surface area contributed by atoms with Crippen molar-refractivity contribution < 1.29 is 4.79 Å². The molecule has 1 unspecified atom stereocenters. The molecule has 0 rings (SSSR count). The van der Waals surface area contributed by atoms with E-state index >= 15 is 0 Å². The number of amides is 1. The van der Waals surface area contributed by atoms with E-state index in [4.69, 9.17) is 5.73 Å². The molecule has 0 radical (unpaired) electrons. The van der Waals surface area contributed by atoms with Gasteiger partial charge in [0.2, 0.25) is 5.91 Å². The van der Waals surface area contributed by atoms with E-state index in [0.717, 1.165) is 25.8 Å². The van der Waals surface area contributed by atoms with Gasteiger partial charge in [0.25, 0.3) is 0 Å². The molecule has 0 aliphatic carbocycles. The van der Waals surface area contributed by atoms with E-state index in [0.29, 0.717) is 6.42 Å². The number of carbonyl (C=O) groups excluding carboxylic acids is 1. The SMILES string of the molecule is CCCC(N)CC(=O)NCCC(C)(C)C. The first-order valence-electron chi connectivity index (χ1n) is 5.87. The Labute approximate surface area is 93.8 Å². The van der Waals surface area contributed by atoms with E-state index in [1.807, 2.05) is 0 Å². The Hall–Kier alpha value is -0.570. The summed E-state index contributed by atoms with van der Waals surface area (Å²) in [5.41, 5.74) is 6.06. The third-order valence-corrected chi connectivity index (χ3v) is 2.30. The molecular formula is C12H26N2O. The quantitative estimate of drug-likeness (QED) is 0.711. The summed E-state index contributed by atoms with van der Waals surface area (Å²) in [6.07, 6.45) is 3.42. The normalized spacial score (nSPS) is 13.7. The van der Waals surface area contributed by atoms with Gasteiger partial charge in [0, 0.05) is 19.0 Å². The molecule has 0 fully saturated rings. The van der Waals surface area contributed by atoms with Gasteiger partial charge in [-0.2, -0.15) is 0 Å². The summed E-state index contributed by atoms with van der Waals surface area (Å²) in [7, 11) is 0. The number of rotatable bonds is 6. The van der Waals surface area contributed by atoms with Gasteiger partial charge in [-0.1, -0.05) is 34.1 Å². The van der Waals surface area contributed by atoms with Crippen LogP contribution in [0.5, 0.6) is 0 Å². The number of nitrogens with one attached hydrogen (secondary N) is 1. The van der Waals surface area contributed by atoms with E-state index in [9.17, 15) is 4.79 Å². The summed E-state index contributed by atoms with van der Waals surface area (Å²) >= 11 is 0. The van der Waals surface area contributed by atoms with Crippen LogP contribution in [-0.2, 0) is 4.79 Å². The zero-order valence-corrected chi connectivity index (χ0v) is 10.6. The van der Waals surface area contributed by atoms with Crippen molar-refractivity contribution in [3.8, 4) is 0 Å². The zero-order chi connectivity index (χ0) is 11.9. The van der Waals surface area contributed by atoms with Gasteiger partial charge < -0.3 is 11.1 Å². The molecule has 0 saturated carbocycles. The van der Waals surface area contributed by atoms with E-state index in [1.54, 1.807) is 0 Å². The molecule has 0 aromatic rings. The molecule has 1 atom stereocenters. The standard InChI is InChI=1S/C12H26N2O/c1-5-6-10(13)9-11(15)14-8-7-12(2,3)4/h10H,5-9,13H2,1-4H3,(H,14,15). The molecule has 3 nitrogen and oxygen atoms in total. The average molecular weight is 214 g/mol. The zero-order valence-electron chi connectivity index (χ0n) is 10.6. The summed E-state index contributed by atoms with van der Waals surface area (Å²) < 4.78 is 0. The summed E-state index contributed by atoms with van der Waals surface area (Å²) in [6, 6.07) is 0.0182. The van der Waals surface area contributed by atoms with Crippen LogP contribution in [0.1, 0.15) is 53.4 Å². The fourth-order valence-electron chi connectivity index (χ4n) is 1.36. The molecule has 3 heteroatoms. The van der Waals surface area contributed by atoms with Crippen molar-refractivity contribution in [2.45, 2.75) is 59.4 Å². The van der Waals surface area contributed by atoms with Crippen molar-refractivity contribution in [1.29, 1.82) is 0 Å². The fraction of sp³-hybridized carbons (Fsp3) is 0.917. The topological polar surface area (TPSA) is 55.1 Å². The number of carbonyl (C=O) groups is 1. The van der Waals surface area contributed by atoms with Crippen LogP contribution in [-0.4, -0.2) is 18.5 Å². The van der Waals surface area contributed by atoms with Crippen LogP contribution < -0.4 is 11.1 Å². The summed E-state index contributed by atoms with van der Waals surface area (Å²) in [5, 5.41) is 2.91. The highest BCUT2D eigenvalue weighted by molar-refractivity contribution is 5.76. The Morgan fingerprint density at radius 2 is 2.00 bits per heavy atom. The molecule has 0 saturated heterocycles. The van der Waals surface area contributed by atoms with Crippen LogP contribution in [0.2, 0.25) is 0 Å². The van der Waals surface area contributed by atoms with Crippen molar-refractivity contribution in [2.24, 2.45) is 11.1 Å². The van der Waals surface area contributed by atoms with E-state index in [1.165, 1.54) is 0 Å². The predicted molar refractivity (Wildman–Crippen MR) is 64.6 cm³/mol. The second-order valence-electron chi connectivity index (χ2n) is 5.41. The van der Waals surface area contributed by atoms with Crippen molar-refractivity contribution in [3.63, 3.8) is 0 Å². The van der Waals surface area contributed by atoms with Crippen LogP contribution in [0.3, 0.4) is 0 Å². The lowest BCUT2D eigenvalue weighted by molar-refractivity contribution is -0.121. The lowest BCUT2D eigenvalue weighted by Gasteiger charge is -2.18. The summed E-state index contributed by atoms with van der Waals surface area (Å²) in [5.74, 6) is 0.0835. The van der Waals surface area contributed by atoms with Crippen LogP contribution in [0.15, 0.2) is 0 Å². The third-order valence-electron chi connectivity index (χ3n) is 2.30. The molecule has 0 aromatic carbocycles. The van der Waals surface area contributed by atoms with Gasteiger partial charge in [-0.3, -0.25) is 4.79 Å². The molecule has 1 amide bonds. The van der Waals surface area contributed by atoms with Crippen molar-refractivity contribution in [3.05, 3.63) is 0 Å². The van der Waals surface area contributed by atoms with Crippen LogP contribution in [0, 0.1) is 5.41 Å². The second-order valence-corrected chi connectivity index (χ2v) is 5.41. The largest absolute Gasteiger partial charge is 0.356 e. The van der Waals surface area contributed by atoms with Crippen molar-refractivity contribution in [1.82, 2.24) is 5.32 Å². The lowest BCUT2D eigenvalue weighted by Crippen LogP contribution is -2.33. The highest BCUT2D eigenvalue weighted by Crippen LogP contribution is 2.16. The Kier molecular flexibility index (Phi) is 6.57. The molecule has 0 aromatic heterocycles. The molecule has 0 bridgehead atoms. The molecule has 90 valence electrons. The Bertz CT molecular complexity index is 185. The van der Waals surface area contributed by atoms with Gasteiger partial charge in [-0.05, 0) is 18.3 Å². The Morgan fingerprint density at radius 3 is 2.47 bits per heavy atom. The summed E-state index contributed by atoms with van der Waals surface area (Å²) in [6.45, 7) is 9.34. The second kappa shape index (κ2) is 6.83. The molecule has 0 spiro atoms. The highest BCUT2D eigenvalue weighted by Gasteiger charge is 2.12. The molecule has 15 heavy (non-hydrogen) atoms. The number of hydrogen-bond donors (Lipinski definition) is 2. The van der Waals surface area contributed by atoms with Gasteiger partial charge >= 0.3 is 0 Å². The fourth-order valence-corrected chi connectivity index (χ4v) is 1.36. The van der Waals surface area contributed by atoms with Gasteiger partial charge in [0.1, 0.15) is 0 Å². The maximum Gasteiger partial charge on any atom is 0.221 e. The minimum Gasteiger partial charge on any atom is -0.356 e. The first kappa shape index (κ1) is 14.4. The Balaban J connectivity index is 3.58. The minimum atomic E-state index is 0.0182. The van der Waals surface area contributed by atoms with Crippen molar-refractivity contribution in [2.75, 3.05) is 6.54 Å². The van der Waals surface area contributed by atoms with Gasteiger partial charge in [0.15, 0.2) is 0 Å². The van der Waals surface area contributed by atoms with Gasteiger partial charge in [-0.15, -0.1) is 0 Å². The van der Waals surface area contributed by atoms with Crippen molar-refractivity contribution >= 4 is 5.91 Å². The van der Waals surface area contributed by atoms with E-state index < -0.39 is 0 Å². The highest BCUT2D eigenvalue weighted by atomic mass is 16.1. The predicted octanol–water partition coefficient (Wildman–Crippen LogP) is 2.06. The first-order valence-corrected chi connectivity index (χ1v) is 5.87. The first-order chi connectivity index (χ1) is 6.85. The third kappa shape index (κ3) is 9.73.